The van der Waals surface area contributed by atoms with E-state index in [9.17, 15) is 4.79 Å². The highest BCUT2D eigenvalue weighted by atomic mass is 32.1. The summed E-state index contributed by atoms with van der Waals surface area (Å²) in [6.45, 7) is 2.06. The Balaban J connectivity index is 1.78. The number of thiocarbonyl (C=S) groups is 1. The molecule has 166 valence electrons. The molecule has 9 heteroatoms. The zero-order valence-corrected chi connectivity index (χ0v) is 19.6. The second-order valence-electron chi connectivity index (χ2n) is 7.33. The van der Waals surface area contributed by atoms with Crippen molar-refractivity contribution in [2.45, 2.75) is 19.0 Å². The first-order valence-corrected chi connectivity index (χ1v) is 11.3. The van der Waals surface area contributed by atoms with E-state index in [-0.39, 0.29) is 24.6 Å². The average molecular weight is 469 g/mol. The van der Waals surface area contributed by atoms with Crippen molar-refractivity contribution in [3.05, 3.63) is 70.2 Å². The van der Waals surface area contributed by atoms with E-state index < -0.39 is 0 Å². The lowest BCUT2D eigenvalue weighted by Gasteiger charge is -2.28. The van der Waals surface area contributed by atoms with Crippen LogP contribution in [0.3, 0.4) is 0 Å². The molecule has 7 nitrogen and oxygen atoms in total. The number of pyridine rings is 1. The number of amides is 1. The lowest BCUT2D eigenvalue weighted by atomic mass is 10.0. The van der Waals surface area contributed by atoms with Gasteiger partial charge in [-0.1, -0.05) is 6.07 Å². The molecule has 3 heterocycles. The van der Waals surface area contributed by atoms with Crippen LogP contribution in [0, 0.1) is 6.92 Å². The number of methoxy groups -OCH3 is 2. The van der Waals surface area contributed by atoms with Crippen LogP contribution in [0.5, 0.6) is 5.75 Å². The van der Waals surface area contributed by atoms with Crippen LogP contribution in [0.15, 0.2) is 54.0 Å². The summed E-state index contributed by atoms with van der Waals surface area (Å²) in [4.78, 5) is 20.0. The first-order valence-electron chi connectivity index (χ1n) is 10.0. The topological polar surface area (TPSA) is 75.7 Å². The first kappa shape index (κ1) is 22.2. The van der Waals surface area contributed by atoms with Crippen LogP contribution in [0.25, 0.3) is 0 Å². The van der Waals surface area contributed by atoms with Crippen molar-refractivity contribution >= 4 is 45.9 Å². The maximum Gasteiger partial charge on any atom is 0.250 e. The van der Waals surface area contributed by atoms with Crippen LogP contribution in [-0.4, -0.2) is 36.8 Å². The molecule has 2 unspecified atom stereocenters. The van der Waals surface area contributed by atoms with Crippen LogP contribution in [0.1, 0.15) is 28.2 Å². The number of carbonyl (C=O) groups is 1. The molecule has 3 aromatic rings. The Morgan fingerprint density at radius 1 is 1.28 bits per heavy atom. The number of nitrogens with one attached hydrogen (secondary N) is 2. The van der Waals surface area contributed by atoms with Crippen LogP contribution in [-0.2, 0) is 9.53 Å². The van der Waals surface area contributed by atoms with Crippen molar-refractivity contribution in [2.24, 2.45) is 0 Å². The number of aromatic nitrogens is 1. The Kier molecular flexibility index (Phi) is 6.69. The number of anilines is 2. The van der Waals surface area contributed by atoms with E-state index in [1.165, 1.54) is 17.6 Å². The lowest BCUT2D eigenvalue weighted by molar-refractivity contribution is -0.119. The Labute approximate surface area is 196 Å². The molecule has 32 heavy (non-hydrogen) atoms. The summed E-state index contributed by atoms with van der Waals surface area (Å²) in [5, 5.41) is 8.99. The predicted octanol–water partition coefficient (Wildman–Crippen LogP) is 4.22. The Morgan fingerprint density at radius 2 is 2.12 bits per heavy atom. The summed E-state index contributed by atoms with van der Waals surface area (Å²) in [7, 11) is 3.05. The normalized spacial score (nSPS) is 17.8. The third kappa shape index (κ3) is 4.32. The van der Waals surface area contributed by atoms with Crippen LogP contribution in [0.4, 0.5) is 11.4 Å². The average Bonchev–Trinajstić information content (AvgIpc) is 3.36. The van der Waals surface area contributed by atoms with E-state index >= 15 is 0 Å². The zero-order chi connectivity index (χ0) is 22.7. The summed E-state index contributed by atoms with van der Waals surface area (Å²) in [5.41, 5.74) is 3.50. The number of benzene rings is 1. The molecule has 2 atom stereocenters. The maximum absolute atomic E-state index is 12.2. The minimum absolute atomic E-state index is 0.0458. The number of carbonyl (C=O) groups excluding carboxylic acids is 1. The van der Waals surface area contributed by atoms with Gasteiger partial charge in [-0.3, -0.25) is 9.78 Å². The third-order valence-electron chi connectivity index (χ3n) is 5.28. The molecule has 0 aliphatic carbocycles. The minimum atomic E-state index is -0.262. The Hall–Kier alpha value is -3.01. The number of hydrogen-bond acceptors (Lipinski definition) is 6. The van der Waals surface area contributed by atoms with Gasteiger partial charge < -0.3 is 25.0 Å². The highest BCUT2D eigenvalue weighted by molar-refractivity contribution is 7.80. The number of hydrogen-bond donors (Lipinski definition) is 2. The summed E-state index contributed by atoms with van der Waals surface area (Å²) < 4.78 is 10.4. The van der Waals surface area contributed by atoms with Crippen LogP contribution >= 0.6 is 23.6 Å². The molecule has 1 aliphatic rings. The fraction of sp³-hybridized carbons (Fsp3) is 0.261. The van der Waals surface area contributed by atoms with Crippen molar-refractivity contribution in [3.8, 4) is 5.75 Å². The Morgan fingerprint density at radius 3 is 2.78 bits per heavy atom. The van der Waals surface area contributed by atoms with E-state index in [2.05, 4.69) is 38.9 Å². The molecule has 1 fully saturated rings. The summed E-state index contributed by atoms with van der Waals surface area (Å²) in [6, 6.07) is 13.4. The van der Waals surface area contributed by atoms with Crippen molar-refractivity contribution in [3.63, 3.8) is 0 Å². The summed E-state index contributed by atoms with van der Waals surface area (Å²) in [5.74, 6) is 0.295. The number of aryl methyl sites for hydroxylation is 1. The monoisotopic (exact) mass is 468 g/mol. The zero-order valence-electron chi connectivity index (χ0n) is 18.0. The minimum Gasteiger partial charge on any atom is -0.495 e. The van der Waals surface area contributed by atoms with Crippen molar-refractivity contribution in [2.75, 3.05) is 31.0 Å². The van der Waals surface area contributed by atoms with Gasteiger partial charge in [0.15, 0.2) is 5.11 Å². The molecular formula is C23H24N4O3S2. The number of rotatable bonds is 7. The fourth-order valence-corrected chi connectivity index (χ4v) is 5.25. The molecule has 0 spiro atoms. The second kappa shape index (κ2) is 9.64. The van der Waals surface area contributed by atoms with Gasteiger partial charge in [-0.2, -0.15) is 0 Å². The van der Waals surface area contributed by atoms with Gasteiger partial charge >= 0.3 is 0 Å². The van der Waals surface area contributed by atoms with E-state index in [1.807, 2.05) is 36.4 Å². The van der Waals surface area contributed by atoms with Gasteiger partial charge in [0.1, 0.15) is 12.4 Å². The molecule has 2 aromatic heterocycles. The highest BCUT2D eigenvalue weighted by Crippen LogP contribution is 2.45. The number of nitrogens with zero attached hydrogens (tertiary/aromatic N) is 2. The van der Waals surface area contributed by atoms with Crippen LogP contribution < -0.4 is 20.3 Å². The van der Waals surface area contributed by atoms with Gasteiger partial charge in [0.05, 0.1) is 30.6 Å². The SMILES string of the molecule is COCC(=O)Nc1cc(N2C(=S)NC(c3ccccn3)C2c2sccc2C)ccc1OC. The van der Waals surface area contributed by atoms with Gasteiger partial charge in [-0.25, -0.2) is 0 Å². The standard InChI is InChI=1S/C23H24N4O3S2/c1-14-9-11-32-22(14)21-20(16-6-4-5-10-24-16)26-23(31)27(21)15-7-8-18(30-3)17(12-15)25-19(28)13-29-2/h4-12,20-21H,13H2,1-3H3,(H,25,28)(H,26,31). The van der Waals surface area contributed by atoms with Gasteiger partial charge in [0.2, 0.25) is 5.91 Å². The first-order chi connectivity index (χ1) is 15.5. The number of ether oxygens (including phenoxy) is 2. The smallest absolute Gasteiger partial charge is 0.250 e. The molecule has 2 N–H and O–H groups in total. The molecule has 0 radical (unpaired) electrons. The lowest BCUT2D eigenvalue weighted by Crippen LogP contribution is -2.29. The largest absolute Gasteiger partial charge is 0.495 e. The van der Waals surface area contributed by atoms with Gasteiger partial charge in [0.25, 0.3) is 0 Å². The third-order valence-corrected chi connectivity index (χ3v) is 6.68. The highest BCUT2D eigenvalue weighted by Gasteiger charge is 2.42. The predicted molar refractivity (Wildman–Crippen MR) is 130 cm³/mol. The number of thiophene rings is 1. The van der Waals surface area contributed by atoms with Gasteiger partial charge in [-0.15, -0.1) is 11.3 Å². The van der Waals surface area contributed by atoms with E-state index in [0.29, 0.717) is 16.5 Å². The Bertz CT molecular complexity index is 1120. The molecule has 1 aromatic carbocycles. The quantitative estimate of drug-likeness (QED) is 0.503. The van der Waals surface area contributed by atoms with Gasteiger partial charge in [0, 0.05) is 23.9 Å². The summed E-state index contributed by atoms with van der Waals surface area (Å²) >= 11 is 7.48. The molecule has 4 rings (SSSR count). The van der Waals surface area contributed by atoms with Crippen molar-refractivity contribution in [1.82, 2.24) is 10.3 Å². The van der Waals surface area contributed by atoms with Crippen molar-refractivity contribution in [1.29, 1.82) is 0 Å². The van der Waals surface area contributed by atoms with E-state index in [4.69, 9.17) is 21.7 Å². The van der Waals surface area contributed by atoms with E-state index in [1.54, 1.807) is 24.6 Å². The summed E-state index contributed by atoms with van der Waals surface area (Å²) in [6.07, 6.45) is 1.79. The maximum atomic E-state index is 12.2. The van der Waals surface area contributed by atoms with Crippen LogP contribution in [0.2, 0.25) is 0 Å². The molecule has 0 saturated carbocycles. The second-order valence-corrected chi connectivity index (χ2v) is 8.66. The molecule has 1 saturated heterocycles. The molecular weight excluding hydrogens is 444 g/mol. The molecule has 0 bridgehead atoms. The van der Waals surface area contributed by atoms with Crippen molar-refractivity contribution < 1.29 is 14.3 Å². The molecule has 1 aliphatic heterocycles. The van der Waals surface area contributed by atoms with E-state index in [0.717, 1.165) is 11.4 Å². The van der Waals surface area contributed by atoms with Gasteiger partial charge in [-0.05, 0) is 66.5 Å². The fourth-order valence-electron chi connectivity index (χ4n) is 3.85. The molecule has 1 amide bonds.